The highest BCUT2D eigenvalue weighted by Crippen LogP contribution is 2.29. The Morgan fingerprint density at radius 3 is 2.82 bits per heavy atom. The van der Waals surface area contributed by atoms with Gasteiger partial charge in [0.2, 0.25) is 0 Å². The number of pyridine rings is 1. The van der Waals surface area contributed by atoms with Gasteiger partial charge >= 0.3 is 0 Å². The van der Waals surface area contributed by atoms with Gasteiger partial charge in [-0.2, -0.15) is 0 Å². The van der Waals surface area contributed by atoms with E-state index in [4.69, 9.17) is 4.98 Å². The number of aromatic nitrogens is 4. The number of carbonyl (C=O) groups excluding carboxylic acids is 1. The second-order valence-electron chi connectivity index (χ2n) is 7.67. The first-order valence-corrected chi connectivity index (χ1v) is 9.76. The number of likely N-dealkylation sites (tertiary alicyclic amines) is 1. The standard InChI is InChI=1S/C22H23N5O/c1-15-12-27-14-17(9-10-20(27)23-15)22(28)26-11-5-6-16(13-26)21-24-18-7-3-4-8-19(18)25(21)2/h3-4,7-10,12,14,16H,5-6,11,13H2,1-2H3/t16-/m1/s1. The average Bonchev–Trinajstić information content (AvgIpc) is 3.26. The molecular formula is C22H23N5O. The molecule has 6 heteroatoms. The number of carbonyl (C=O) groups is 1. The van der Waals surface area contributed by atoms with Crippen LogP contribution in [-0.4, -0.2) is 42.8 Å². The van der Waals surface area contributed by atoms with Gasteiger partial charge in [-0.25, -0.2) is 9.97 Å². The van der Waals surface area contributed by atoms with Crippen molar-refractivity contribution in [3.63, 3.8) is 0 Å². The maximum atomic E-state index is 13.1. The summed E-state index contributed by atoms with van der Waals surface area (Å²) in [6, 6.07) is 12.0. The van der Waals surface area contributed by atoms with E-state index < -0.39 is 0 Å². The van der Waals surface area contributed by atoms with Crippen LogP contribution in [0.4, 0.5) is 0 Å². The quantitative estimate of drug-likeness (QED) is 0.540. The topological polar surface area (TPSA) is 55.4 Å². The number of hydrogen-bond acceptors (Lipinski definition) is 3. The van der Waals surface area contributed by atoms with Crippen molar-refractivity contribution in [2.24, 2.45) is 7.05 Å². The molecule has 142 valence electrons. The predicted molar refractivity (Wildman–Crippen MR) is 109 cm³/mol. The molecule has 1 amide bonds. The van der Waals surface area contributed by atoms with Crippen LogP contribution in [0.1, 0.15) is 40.6 Å². The third-order valence-electron chi connectivity index (χ3n) is 5.71. The molecule has 1 atom stereocenters. The third kappa shape index (κ3) is 2.76. The first-order valence-electron chi connectivity index (χ1n) is 9.76. The molecule has 1 fully saturated rings. The number of aryl methyl sites for hydroxylation is 2. The van der Waals surface area contributed by atoms with E-state index in [9.17, 15) is 4.79 Å². The molecule has 1 saturated heterocycles. The van der Waals surface area contributed by atoms with E-state index in [1.165, 1.54) is 0 Å². The Labute approximate surface area is 163 Å². The molecule has 4 aromatic rings. The van der Waals surface area contributed by atoms with Crippen molar-refractivity contribution >= 4 is 22.6 Å². The number of para-hydroxylation sites is 2. The monoisotopic (exact) mass is 373 g/mol. The molecule has 0 bridgehead atoms. The van der Waals surface area contributed by atoms with Crippen molar-refractivity contribution in [1.82, 2.24) is 23.8 Å². The molecule has 0 radical (unpaired) electrons. The molecule has 1 aromatic carbocycles. The third-order valence-corrected chi connectivity index (χ3v) is 5.71. The number of fused-ring (bicyclic) bond motifs is 2. The zero-order chi connectivity index (χ0) is 19.3. The summed E-state index contributed by atoms with van der Waals surface area (Å²) in [6.45, 7) is 3.46. The Hall–Kier alpha value is -3.15. The van der Waals surface area contributed by atoms with Crippen molar-refractivity contribution < 1.29 is 4.79 Å². The van der Waals surface area contributed by atoms with Crippen molar-refractivity contribution in [2.75, 3.05) is 13.1 Å². The van der Waals surface area contributed by atoms with E-state index in [0.29, 0.717) is 12.1 Å². The lowest BCUT2D eigenvalue weighted by Crippen LogP contribution is -2.39. The van der Waals surface area contributed by atoms with Gasteiger partial charge in [0.15, 0.2) is 0 Å². The van der Waals surface area contributed by atoms with Crippen LogP contribution >= 0.6 is 0 Å². The fourth-order valence-electron chi connectivity index (χ4n) is 4.33. The van der Waals surface area contributed by atoms with Crippen LogP contribution in [0.5, 0.6) is 0 Å². The van der Waals surface area contributed by atoms with Gasteiger partial charge in [0, 0.05) is 38.4 Å². The zero-order valence-corrected chi connectivity index (χ0v) is 16.2. The van der Waals surface area contributed by atoms with Crippen LogP contribution in [-0.2, 0) is 7.05 Å². The summed E-state index contributed by atoms with van der Waals surface area (Å²) in [5, 5.41) is 0. The van der Waals surface area contributed by atoms with Gasteiger partial charge in [-0.1, -0.05) is 12.1 Å². The molecule has 0 aliphatic carbocycles. The maximum Gasteiger partial charge on any atom is 0.255 e. The van der Waals surface area contributed by atoms with Crippen LogP contribution in [0.15, 0.2) is 48.8 Å². The second-order valence-corrected chi connectivity index (χ2v) is 7.67. The van der Waals surface area contributed by atoms with E-state index in [2.05, 4.69) is 22.7 Å². The highest BCUT2D eigenvalue weighted by Gasteiger charge is 2.28. The predicted octanol–water partition coefficient (Wildman–Crippen LogP) is 3.55. The average molecular weight is 373 g/mol. The van der Waals surface area contributed by atoms with Crippen molar-refractivity contribution in [1.29, 1.82) is 0 Å². The second kappa shape index (κ2) is 6.48. The normalized spacial score (nSPS) is 17.5. The number of rotatable bonds is 2. The van der Waals surface area contributed by atoms with Gasteiger partial charge in [0.05, 0.1) is 22.3 Å². The number of hydrogen-bond donors (Lipinski definition) is 0. The van der Waals surface area contributed by atoms with Gasteiger partial charge in [-0.3, -0.25) is 4.79 Å². The molecule has 0 saturated carbocycles. The minimum absolute atomic E-state index is 0.0803. The first-order chi connectivity index (χ1) is 13.6. The molecule has 1 aliphatic rings. The summed E-state index contributed by atoms with van der Waals surface area (Å²) in [4.78, 5) is 24.4. The minimum Gasteiger partial charge on any atom is -0.338 e. The lowest BCUT2D eigenvalue weighted by molar-refractivity contribution is 0.0703. The highest BCUT2D eigenvalue weighted by molar-refractivity contribution is 5.94. The van der Waals surface area contributed by atoms with E-state index in [1.54, 1.807) is 0 Å². The van der Waals surface area contributed by atoms with Crippen LogP contribution in [0.25, 0.3) is 16.7 Å². The van der Waals surface area contributed by atoms with Crippen molar-refractivity contribution in [3.8, 4) is 0 Å². The Balaban J connectivity index is 1.42. The van der Waals surface area contributed by atoms with E-state index in [-0.39, 0.29) is 11.8 Å². The number of imidazole rings is 2. The minimum atomic E-state index is 0.0803. The maximum absolute atomic E-state index is 13.1. The fourth-order valence-corrected chi connectivity index (χ4v) is 4.33. The lowest BCUT2D eigenvalue weighted by atomic mass is 9.96. The van der Waals surface area contributed by atoms with Crippen LogP contribution in [0, 0.1) is 6.92 Å². The summed E-state index contributed by atoms with van der Waals surface area (Å²) in [6.07, 6.45) is 5.88. The van der Waals surface area contributed by atoms with Crippen molar-refractivity contribution in [2.45, 2.75) is 25.7 Å². The van der Waals surface area contributed by atoms with Crippen LogP contribution < -0.4 is 0 Å². The summed E-state index contributed by atoms with van der Waals surface area (Å²) in [5.74, 6) is 1.41. The molecule has 1 aliphatic heterocycles. The Kier molecular flexibility index (Phi) is 3.93. The fraction of sp³-hybridized carbons (Fsp3) is 0.318. The summed E-state index contributed by atoms with van der Waals surface area (Å²) in [5.41, 5.74) is 4.68. The van der Waals surface area contributed by atoms with Gasteiger partial charge < -0.3 is 13.9 Å². The first kappa shape index (κ1) is 17.0. The smallest absolute Gasteiger partial charge is 0.255 e. The molecule has 0 spiro atoms. The van der Waals surface area contributed by atoms with Crippen LogP contribution in [0.3, 0.4) is 0 Å². The number of piperidine rings is 1. The molecular weight excluding hydrogens is 350 g/mol. The number of benzene rings is 1. The van der Waals surface area contributed by atoms with E-state index in [0.717, 1.165) is 47.6 Å². The zero-order valence-electron chi connectivity index (χ0n) is 16.2. The highest BCUT2D eigenvalue weighted by atomic mass is 16.2. The Bertz CT molecular complexity index is 1190. The van der Waals surface area contributed by atoms with Gasteiger partial charge in [0.1, 0.15) is 11.5 Å². The SMILES string of the molecule is Cc1cn2cc(C(=O)N3CCC[C@@H](c4nc5ccccc5n4C)C3)ccc2n1. The number of amides is 1. The van der Waals surface area contributed by atoms with Crippen molar-refractivity contribution in [3.05, 3.63) is 65.9 Å². The molecule has 28 heavy (non-hydrogen) atoms. The van der Waals surface area contributed by atoms with E-state index >= 15 is 0 Å². The van der Waals surface area contributed by atoms with Gasteiger partial charge in [-0.05, 0) is 44.0 Å². The lowest BCUT2D eigenvalue weighted by Gasteiger charge is -2.32. The van der Waals surface area contributed by atoms with Crippen LogP contribution in [0.2, 0.25) is 0 Å². The summed E-state index contributed by atoms with van der Waals surface area (Å²) < 4.78 is 4.10. The molecule has 0 N–H and O–H groups in total. The molecule has 5 rings (SSSR count). The summed E-state index contributed by atoms with van der Waals surface area (Å²) in [7, 11) is 2.07. The molecule has 3 aromatic heterocycles. The van der Waals surface area contributed by atoms with E-state index in [1.807, 2.05) is 58.9 Å². The number of nitrogens with zero attached hydrogens (tertiary/aromatic N) is 5. The van der Waals surface area contributed by atoms with Gasteiger partial charge in [-0.15, -0.1) is 0 Å². The molecule has 0 unspecified atom stereocenters. The molecule has 4 heterocycles. The Morgan fingerprint density at radius 1 is 1.11 bits per heavy atom. The largest absolute Gasteiger partial charge is 0.338 e. The molecule has 6 nitrogen and oxygen atoms in total. The summed E-state index contributed by atoms with van der Waals surface area (Å²) >= 11 is 0. The van der Waals surface area contributed by atoms with Gasteiger partial charge in [0.25, 0.3) is 5.91 Å². The Morgan fingerprint density at radius 2 is 1.96 bits per heavy atom.